The van der Waals surface area contributed by atoms with Crippen molar-refractivity contribution in [3.8, 4) is 5.75 Å². The van der Waals surface area contributed by atoms with Crippen LogP contribution in [0.15, 0.2) is 18.2 Å². The summed E-state index contributed by atoms with van der Waals surface area (Å²) in [5, 5.41) is 0.461. The molecule has 0 aliphatic heterocycles. The number of rotatable bonds is 5. The molecule has 0 atom stereocenters. The van der Waals surface area contributed by atoms with Gasteiger partial charge >= 0.3 is 5.97 Å². The molecule has 0 aliphatic carbocycles. The second kappa shape index (κ2) is 6.06. The lowest BCUT2D eigenvalue weighted by Crippen LogP contribution is -2.35. The zero-order valence-electron chi connectivity index (χ0n) is 11.5. The van der Waals surface area contributed by atoms with E-state index in [4.69, 9.17) is 21.1 Å². The zero-order chi connectivity index (χ0) is 14.6. The fraction of sp³-hybridized carbons (Fsp3) is 0.429. The fourth-order valence-electron chi connectivity index (χ4n) is 1.59. The van der Waals surface area contributed by atoms with Crippen molar-refractivity contribution in [1.29, 1.82) is 0 Å². The van der Waals surface area contributed by atoms with Crippen LogP contribution in [-0.2, 0) is 9.53 Å². The second-order valence-corrected chi connectivity index (χ2v) is 4.96. The van der Waals surface area contributed by atoms with Crippen molar-refractivity contribution in [3.63, 3.8) is 0 Å². The first-order chi connectivity index (χ1) is 8.84. The molecule has 0 unspecified atom stereocenters. The maximum Gasteiger partial charge on any atom is 0.319 e. The van der Waals surface area contributed by atoms with Crippen LogP contribution in [0.1, 0.15) is 31.1 Å². The van der Waals surface area contributed by atoms with Gasteiger partial charge in [0.05, 0.1) is 19.3 Å². The predicted octanol–water partition coefficient (Wildman–Crippen LogP) is 3.12. The molecular weight excluding hydrogens is 268 g/mol. The van der Waals surface area contributed by atoms with Crippen LogP contribution in [0, 0.1) is 5.41 Å². The summed E-state index contributed by atoms with van der Waals surface area (Å²) in [6, 6.07) is 4.67. The Morgan fingerprint density at radius 3 is 2.47 bits per heavy atom. The second-order valence-electron chi connectivity index (χ2n) is 4.52. The molecule has 0 aromatic heterocycles. The number of carbonyl (C=O) groups is 2. The van der Waals surface area contributed by atoms with Gasteiger partial charge in [-0.25, -0.2) is 0 Å². The molecule has 0 saturated heterocycles. The van der Waals surface area contributed by atoms with Gasteiger partial charge in [-0.2, -0.15) is 0 Å². The summed E-state index contributed by atoms with van der Waals surface area (Å²) in [7, 11) is 1.44. The Balaban J connectivity index is 3.16. The van der Waals surface area contributed by atoms with Crippen molar-refractivity contribution in [3.05, 3.63) is 28.8 Å². The van der Waals surface area contributed by atoms with Crippen molar-refractivity contribution in [2.45, 2.75) is 20.8 Å². The third-order valence-electron chi connectivity index (χ3n) is 2.76. The highest BCUT2D eigenvalue weighted by atomic mass is 35.5. The molecule has 104 valence electrons. The van der Waals surface area contributed by atoms with Crippen LogP contribution in [0.5, 0.6) is 5.75 Å². The van der Waals surface area contributed by atoms with Gasteiger partial charge in [0.2, 0.25) is 0 Å². The summed E-state index contributed by atoms with van der Waals surface area (Å²) in [6.45, 7) is 4.98. The molecule has 1 rings (SSSR count). The summed E-state index contributed by atoms with van der Waals surface area (Å²) in [4.78, 5) is 24.3. The van der Waals surface area contributed by atoms with E-state index in [-0.39, 0.29) is 12.4 Å². The summed E-state index contributed by atoms with van der Waals surface area (Å²) in [5.41, 5.74) is -0.957. The Labute approximate surface area is 117 Å². The SMILES string of the molecule is CCOC(=O)C(C)(C)C(=O)c1ccc(Cl)cc1OC. The standard InChI is InChI=1S/C14H17ClO4/c1-5-19-13(17)14(2,3)12(16)10-7-6-9(15)8-11(10)18-4/h6-8H,5H2,1-4H3. The fourth-order valence-corrected chi connectivity index (χ4v) is 1.76. The minimum atomic E-state index is -1.27. The van der Waals surface area contributed by atoms with Crippen LogP contribution in [-0.4, -0.2) is 25.5 Å². The van der Waals surface area contributed by atoms with Crippen LogP contribution in [0.2, 0.25) is 5.02 Å². The van der Waals surface area contributed by atoms with Crippen LogP contribution in [0.25, 0.3) is 0 Å². The number of esters is 1. The van der Waals surface area contributed by atoms with E-state index in [1.807, 2.05) is 0 Å². The van der Waals surface area contributed by atoms with E-state index in [0.29, 0.717) is 16.3 Å². The average molecular weight is 285 g/mol. The Morgan fingerprint density at radius 2 is 1.95 bits per heavy atom. The van der Waals surface area contributed by atoms with Gasteiger partial charge in [-0.15, -0.1) is 0 Å². The van der Waals surface area contributed by atoms with Crippen LogP contribution >= 0.6 is 11.6 Å². The predicted molar refractivity (Wildman–Crippen MR) is 72.7 cm³/mol. The van der Waals surface area contributed by atoms with Crippen molar-refractivity contribution >= 4 is 23.4 Å². The topological polar surface area (TPSA) is 52.6 Å². The van der Waals surface area contributed by atoms with E-state index in [0.717, 1.165) is 0 Å². The number of carbonyl (C=O) groups excluding carboxylic acids is 2. The number of ketones is 1. The molecule has 0 fully saturated rings. The van der Waals surface area contributed by atoms with Gasteiger partial charge in [0.25, 0.3) is 0 Å². The van der Waals surface area contributed by atoms with Gasteiger partial charge in [0.15, 0.2) is 5.78 Å². The monoisotopic (exact) mass is 284 g/mol. The number of hydrogen-bond acceptors (Lipinski definition) is 4. The Morgan fingerprint density at radius 1 is 1.32 bits per heavy atom. The molecule has 0 saturated carbocycles. The molecule has 0 radical (unpaired) electrons. The molecule has 5 heteroatoms. The highest BCUT2D eigenvalue weighted by Gasteiger charge is 2.39. The highest BCUT2D eigenvalue weighted by Crippen LogP contribution is 2.30. The number of halogens is 1. The quantitative estimate of drug-likeness (QED) is 0.473. The lowest BCUT2D eigenvalue weighted by Gasteiger charge is -2.21. The Kier molecular flexibility index (Phi) is 4.95. The lowest BCUT2D eigenvalue weighted by molar-refractivity contribution is -0.150. The van der Waals surface area contributed by atoms with E-state index >= 15 is 0 Å². The number of Topliss-reactive ketones (excluding diaryl/α,β-unsaturated/α-hetero) is 1. The average Bonchev–Trinajstić information content (AvgIpc) is 2.37. The molecule has 0 heterocycles. The number of hydrogen-bond donors (Lipinski definition) is 0. The van der Waals surface area contributed by atoms with Crippen molar-refractivity contribution in [2.75, 3.05) is 13.7 Å². The van der Waals surface area contributed by atoms with Crippen molar-refractivity contribution < 1.29 is 19.1 Å². The van der Waals surface area contributed by atoms with Crippen LogP contribution in [0.3, 0.4) is 0 Å². The normalized spacial score (nSPS) is 11.0. The lowest BCUT2D eigenvalue weighted by atomic mass is 9.84. The number of methoxy groups -OCH3 is 1. The van der Waals surface area contributed by atoms with E-state index in [1.54, 1.807) is 19.1 Å². The molecule has 19 heavy (non-hydrogen) atoms. The van der Waals surface area contributed by atoms with Crippen LogP contribution in [0.4, 0.5) is 0 Å². The zero-order valence-corrected chi connectivity index (χ0v) is 12.2. The molecular formula is C14H17ClO4. The first-order valence-electron chi connectivity index (χ1n) is 5.90. The molecule has 0 spiro atoms. The first kappa shape index (κ1) is 15.5. The van der Waals surface area contributed by atoms with E-state index in [9.17, 15) is 9.59 Å². The molecule has 0 amide bonds. The van der Waals surface area contributed by atoms with Gasteiger partial charge in [-0.3, -0.25) is 9.59 Å². The van der Waals surface area contributed by atoms with Crippen molar-refractivity contribution in [1.82, 2.24) is 0 Å². The minimum absolute atomic E-state index is 0.229. The van der Waals surface area contributed by atoms with E-state index in [2.05, 4.69) is 0 Å². The van der Waals surface area contributed by atoms with Crippen molar-refractivity contribution in [2.24, 2.45) is 5.41 Å². The maximum atomic E-state index is 12.4. The minimum Gasteiger partial charge on any atom is -0.496 e. The summed E-state index contributed by atoms with van der Waals surface area (Å²) < 4.78 is 10.0. The molecule has 0 aliphatic rings. The molecule has 4 nitrogen and oxygen atoms in total. The van der Waals surface area contributed by atoms with Gasteiger partial charge in [-0.1, -0.05) is 11.6 Å². The smallest absolute Gasteiger partial charge is 0.319 e. The molecule has 1 aromatic rings. The van der Waals surface area contributed by atoms with E-state index < -0.39 is 11.4 Å². The summed E-state index contributed by atoms with van der Waals surface area (Å²) >= 11 is 5.84. The Hall–Kier alpha value is -1.55. The Bertz CT molecular complexity index is 494. The van der Waals surface area contributed by atoms with E-state index in [1.165, 1.54) is 27.0 Å². The third kappa shape index (κ3) is 3.26. The summed E-state index contributed by atoms with van der Waals surface area (Å²) in [5.74, 6) is -0.577. The number of ether oxygens (including phenoxy) is 2. The maximum absolute atomic E-state index is 12.4. The first-order valence-corrected chi connectivity index (χ1v) is 6.28. The summed E-state index contributed by atoms with van der Waals surface area (Å²) in [6.07, 6.45) is 0. The largest absolute Gasteiger partial charge is 0.496 e. The molecule has 0 N–H and O–H groups in total. The third-order valence-corrected chi connectivity index (χ3v) is 3.00. The number of benzene rings is 1. The highest BCUT2D eigenvalue weighted by molar-refractivity contribution is 6.31. The van der Waals surface area contributed by atoms with Crippen LogP contribution < -0.4 is 4.74 Å². The molecule has 1 aromatic carbocycles. The van der Waals surface area contributed by atoms with Gasteiger partial charge < -0.3 is 9.47 Å². The van der Waals surface area contributed by atoms with Gasteiger partial charge in [0.1, 0.15) is 11.2 Å². The van der Waals surface area contributed by atoms with Gasteiger partial charge in [0, 0.05) is 5.02 Å². The van der Waals surface area contributed by atoms with Gasteiger partial charge in [-0.05, 0) is 39.0 Å². The molecule has 0 bridgehead atoms.